The van der Waals surface area contributed by atoms with E-state index in [1.165, 1.54) is 6.07 Å². The Hall–Kier alpha value is -4.51. The summed E-state index contributed by atoms with van der Waals surface area (Å²) < 4.78 is 0. The Labute approximate surface area is 222 Å². The van der Waals surface area contributed by atoms with E-state index in [0.717, 1.165) is 46.1 Å². The molecule has 0 saturated carbocycles. The first-order valence-corrected chi connectivity index (χ1v) is 13.0. The number of fused-ring (bicyclic) bond motifs is 1. The molecule has 0 saturated heterocycles. The van der Waals surface area contributed by atoms with Gasteiger partial charge in [0.25, 0.3) is 0 Å². The molecule has 5 nitrogen and oxygen atoms in total. The lowest BCUT2D eigenvalue weighted by Gasteiger charge is -2.17. The van der Waals surface area contributed by atoms with Gasteiger partial charge in [0.15, 0.2) is 5.78 Å². The van der Waals surface area contributed by atoms with Crippen molar-refractivity contribution in [1.82, 2.24) is 9.97 Å². The number of para-hydroxylation sites is 2. The SMILES string of the molecule is CCC[C@@H](CC(=O)c1ccc(-c2c(C)cccc2-c2nc3ccccc3[nH]2)c(C(=O)O)c1)c1ccccc1. The number of aromatic carboxylic acids is 1. The third-order valence-electron chi connectivity index (χ3n) is 7.10. The molecule has 0 spiro atoms. The normalized spacial score (nSPS) is 11.9. The number of hydrogen-bond donors (Lipinski definition) is 2. The van der Waals surface area contributed by atoms with Crippen molar-refractivity contribution in [2.45, 2.75) is 39.0 Å². The Morgan fingerprint density at radius 3 is 2.39 bits per heavy atom. The minimum Gasteiger partial charge on any atom is -0.478 e. The molecule has 0 unspecified atom stereocenters. The summed E-state index contributed by atoms with van der Waals surface area (Å²) in [5, 5.41) is 10.2. The lowest BCUT2D eigenvalue weighted by Crippen LogP contribution is -2.10. The highest BCUT2D eigenvalue weighted by Gasteiger charge is 2.22. The van der Waals surface area contributed by atoms with Crippen molar-refractivity contribution in [3.8, 4) is 22.5 Å². The number of carboxylic acids is 1. The first-order valence-electron chi connectivity index (χ1n) is 13.0. The van der Waals surface area contributed by atoms with Crippen LogP contribution in [0, 0.1) is 6.92 Å². The fourth-order valence-electron chi connectivity index (χ4n) is 5.22. The number of carboxylic acid groups (broad SMARTS) is 1. The number of aromatic amines is 1. The van der Waals surface area contributed by atoms with Gasteiger partial charge in [-0.3, -0.25) is 4.79 Å². The highest BCUT2D eigenvalue weighted by molar-refractivity contribution is 6.04. The van der Waals surface area contributed by atoms with E-state index in [1.54, 1.807) is 12.1 Å². The Morgan fingerprint density at radius 2 is 1.66 bits per heavy atom. The van der Waals surface area contributed by atoms with Crippen molar-refractivity contribution in [1.29, 1.82) is 0 Å². The average molecular weight is 503 g/mol. The van der Waals surface area contributed by atoms with E-state index in [0.29, 0.717) is 23.4 Å². The summed E-state index contributed by atoms with van der Waals surface area (Å²) in [6.45, 7) is 4.07. The minimum absolute atomic E-state index is 0.0522. The Bertz CT molecular complexity index is 1590. The molecule has 1 atom stereocenters. The molecule has 0 fully saturated rings. The van der Waals surface area contributed by atoms with Crippen LogP contribution in [0.15, 0.2) is 91.0 Å². The third kappa shape index (κ3) is 5.00. The van der Waals surface area contributed by atoms with E-state index in [-0.39, 0.29) is 17.3 Å². The first-order chi connectivity index (χ1) is 18.5. The zero-order valence-corrected chi connectivity index (χ0v) is 21.6. The Morgan fingerprint density at radius 1 is 0.895 bits per heavy atom. The van der Waals surface area contributed by atoms with E-state index in [9.17, 15) is 14.7 Å². The molecule has 190 valence electrons. The smallest absolute Gasteiger partial charge is 0.336 e. The standard InChI is InChI=1S/C33H30N2O3/c1-3-10-23(22-12-5-4-6-13-22)20-30(36)24-17-18-25(27(19-24)33(37)38)31-21(2)11-9-14-26(31)32-34-28-15-7-8-16-29(28)35-32/h4-9,11-19,23H,3,10,20H2,1-2H3,(H,34,35)(H,37,38)/t23-/m0/s1. The van der Waals surface area contributed by atoms with Crippen LogP contribution in [-0.2, 0) is 0 Å². The monoisotopic (exact) mass is 502 g/mol. The van der Waals surface area contributed by atoms with E-state index in [2.05, 4.69) is 24.0 Å². The number of aromatic nitrogens is 2. The molecule has 0 aliphatic rings. The van der Waals surface area contributed by atoms with Gasteiger partial charge in [0.2, 0.25) is 0 Å². The number of nitrogens with one attached hydrogen (secondary N) is 1. The number of ketones is 1. The predicted octanol–water partition coefficient (Wildman–Crippen LogP) is 8.06. The molecule has 38 heavy (non-hydrogen) atoms. The van der Waals surface area contributed by atoms with Crippen LogP contribution in [0.3, 0.4) is 0 Å². The highest BCUT2D eigenvalue weighted by atomic mass is 16.4. The maximum atomic E-state index is 13.4. The van der Waals surface area contributed by atoms with Gasteiger partial charge in [-0.25, -0.2) is 9.78 Å². The number of rotatable bonds is 9. The zero-order valence-electron chi connectivity index (χ0n) is 21.6. The van der Waals surface area contributed by atoms with E-state index >= 15 is 0 Å². The van der Waals surface area contributed by atoms with Crippen LogP contribution < -0.4 is 0 Å². The van der Waals surface area contributed by atoms with Crippen LogP contribution in [-0.4, -0.2) is 26.8 Å². The number of imidazole rings is 1. The van der Waals surface area contributed by atoms with Gasteiger partial charge in [0.1, 0.15) is 5.82 Å². The number of carbonyl (C=O) groups is 2. The third-order valence-corrected chi connectivity index (χ3v) is 7.10. The molecule has 5 aromatic rings. The lowest BCUT2D eigenvalue weighted by atomic mass is 9.86. The topological polar surface area (TPSA) is 83.0 Å². The maximum Gasteiger partial charge on any atom is 0.336 e. The minimum atomic E-state index is -1.07. The number of H-pyrrole nitrogens is 1. The van der Waals surface area contributed by atoms with Gasteiger partial charge in [-0.05, 0) is 59.7 Å². The molecule has 0 aliphatic heterocycles. The fourth-order valence-corrected chi connectivity index (χ4v) is 5.22. The van der Waals surface area contributed by atoms with E-state index < -0.39 is 5.97 Å². The van der Waals surface area contributed by atoms with Crippen molar-refractivity contribution >= 4 is 22.8 Å². The summed E-state index contributed by atoms with van der Waals surface area (Å²) in [6.07, 6.45) is 2.19. The molecule has 5 heteroatoms. The first kappa shape index (κ1) is 25.2. The van der Waals surface area contributed by atoms with Crippen LogP contribution in [0.2, 0.25) is 0 Å². The molecule has 4 aromatic carbocycles. The summed E-state index contributed by atoms with van der Waals surface area (Å²) in [7, 11) is 0. The largest absolute Gasteiger partial charge is 0.478 e. The van der Waals surface area contributed by atoms with Crippen LogP contribution in [0.1, 0.15) is 63.9 Å². The van der Waals surface area contributed by atoms with E-state index in [4.69, 9.17) is 4.98 Å². The van der Waals surface area contributed by atoms with Gasteiger partial charge in [-0.1, -0.05) is 86.1 Å². The Balaban J connectivity index is 1.55. The van der Waals surface area contributed by atoms with Crippen LogP contribution in [0.5, 0.6) is 0 Å². The zero-order chi connectivity index (χ0) is 26.6. The van der Waals surface area contributed by atoms with Crippen LogP contribution >= 0.6 is 0 Å². The molecule has 0 amide bonds. The fraction of sp³-hybridized carbons (Fsp3) is 0.182. The van der Waals surface area contributed by atoms with Crippen molar-refractivity contribution in [3.63, 3.8) is 0 Å². The summed E-state index contributed by atoms with van der Waals surface area (Å²) in [4.78, 5) is 34.0. The molecular weight excluding hydrogens is 472 g/mol. The number of hydrogen-bond acceptors (Lipinski definition) is 3. The lowest BCUT2D eigenvalue weighted by molar-refractivity contribution is 0.0697. The molecule has 1 aromatic heterocycles. The van der Waals surface area contributed by atoms with E-state index in [1.807, 2.05) is 67.6 Å². The van der Waals surface area contributed by atoms with Gasteiger partial charge in [0.05, 0.1) is 16.6 Å². The molecule has 1 heterocycles. The number of carbonyl (C=O) groups excluding carboxylic acids is 1. The molecule has 0 aliphatic carbocycles. The van der Waals surface area contributed by atoms with Crippen molar-refractivity contribution in [2.24, 2.45) is 0 Å². The van der Waals surface area contributed by atoms with Gasteiger partial charge in [-0.15, -0.1) is 0 Å². The molecule has 0 radical (unpaired) electrons. The van der Waals surface area contributed by atoms with Crippen LogP contribution in [0.4, 0.5) is 0 Å². The van der Waals surface area contributed by atoms with Gasteiger partial charge >= 0.3 is 5.97 Å². The second-order valence-electron chi connectivity index (χ2n) is 9.69. The molecular formula is C33H30N2O3. The maximum absolute atomic E-state index is 13.4. The summed E-state index contributed by atoms with van der Waals surface area (Å²) in [5.74, 6) is -0.352. The highest BCUT2D eigenvalue weighted by Crippen LogP contribution is 2.37. The molecule has 5 rings (SSSR count). The average Bonchev–Trinajstić information content (AvgIpc) is 3.37. The number of Topliss-reactive ketones (excluding diaryl/α,β-unsaturated/α-hetero) is 1. The van der Waals surface area contributed by atoms with Gasteiger partial charge < -0.3 is 10.1 Å². The van der Waals surface area contributed by atoms with Crippen molar-refractivity contribution in [2.75, 3.05) is 0 Å². The molecule has 2 N–H and O–H groups in total. The van der Waals surface area contributed by atoms with Crippen LogP contribution in [0.25, 0.3) is 33.5 Å². The Kier molecular flexibility index (Phi) is 7.18. The predicted molar refractivity (Wildman–Crippen MR) is 152 cm³/mol. The number of nitrogens with zero attached hydrogens (tertiary/aromatic N) is 1. The van der Waals surface area contributed by atoms with Gasteiger partial charge in [-0.2, -0.15) is 0 Å². The summed E-state index contributed by atoms with van der Waals surface area (Å²) in [5.41, 5.74) is 6.51. The van der Waals surface area contributed by atoms with Gasteiger partial charge in [0, 0.05) is 17.5 Å². The number of benzene rings is 4. The van der Waals surface area contributed by atoms with Crippen molar-refractivity contribution < 1.29 is 14.7 Å². The second-order valence-corrected chi connectivity index (χ2v) is 9.69. The molecule has 0 bridgehead atoms. The van der Waals surface area contributed by atoms with Crippen molar-refractivity contribution in [3.05, 3.63) is 113 Å². The number of aryl methyl sites for hydroxylation is 1. The quantitative estimate of drug-likeness (QED) is 0.200. The summed E-state index contributed by atoms with van der Waals surface area (Å²) in [6, 6.07) is 28.7. The second kappa shape index (κ2) is 10.9. The summed E-state index contributed by atoms with van der Waals surface area (Å²) >= 11 is 0.